The molecule has 0 atom stereocenters. The molecule has 0 saturated heterocycles. The fourth-order valence-corrected chi connectivity index (χ4v) is 1.94. The molecule has 0 heterocycles. The van der Waals surface area contributed by atoms with Crippen LogP contribution >= 0.6 is 0 Å². The highest BCUT2D eigenvalue weighted by Gasteiger charge is 2.28. The molecule has 0 aliphatic heterocycles. The van der Waals surface area contributed by atoms with Gasteiger partial charge in [0.15, 0.2) is 0 Å². The standard InChI is InChI=1S/C15H22N2O3/c1-15(2,10-16)14(20)17(3)9-8-11-6-4-5-7-12(11)13(18)19/h4-7H,8-10,16H2,1-3H3,(H,18,19). The van der Waals surface area contributed by atoms with Gasteiger partial charge in [0.1, 0.15) is 0 Å². The zero-order valence-electron chi connectivity index (χ0n) is 12.2. The number of nitrogens with zero attached hydrogens (tertiary/aromatic N) is 1. The molecule has 1 aromatic carbocycles. The molecule has 1 rings (SSSR count). The van der Waals surface area contributed by atoms with Gasteiger partial charge < -0.3 is 15.7 Å². The Morgan fingerprint density at radius 3 is 2.45 bits per heavy atom. The summed E-state index contributed by atoms with van der Waals surface area (Å²) in [7, 11) is 1.71. The van der Waals surface area contributed by atoms with Crippen LogP contribution in [0.5, 0.6) is 0 Å². The first-order chi connectivity index (χ1) is 9.29. The van der Waals surface area contributed by atoms with E-state index in [1.54, 1.807) is 50.1 Å². The van der Waals surface area contributed by atoms with E-state index in [1.807, 2.05) is 0 Å². The summed E-state index contributed by atoms with van der Waals surface area (Å²) in [6.45, 7) is 4.35. The molecule has 0 bridgehead atoms. The number of likely N-dealkylation sites (N-methyl/N-ethyl adjacent to an activating group) is 1. The smallest absolute Gasteiger partial charge is 0.335 e. The molecule has 5 nitrogen and oxygen atoms in total. The molecule has 0 saturated carbocycles. The van der Waals surface area contributed by atoms with Crippen LogP contribution in [0.15, 0.2) is 24.3 Å². The van der Waals surface area contributed by atoms with Crippen LogP contribution in [0, 0.1) is 5.41 Å². The second-order valence-corrected chi connectivity index (χ2v) is 5.53. The highest BCUT2D eigenvalue weighted by molar-refractivity contribution is 5.89. The van der Waals surface area contributed by atoms with Crippen molar-refractivity contribution >= 4 is 11.9 Å². The van der Waals surface area contributed by atoms with Gasteiger partial charge in [-0.05, 0) is 31.9 Å². The predicted molar refractivity (Wildman–Crippen MR) is 77.6 cm³/mol. The maximum absolute atomic E-state index is 12.2. The fraction of sp³-hybridized carbons (Fsp3) is 0.467. The molecular formula is C15H22N2O3. The van der Waals surface area contributed by atoms with Crippen LogP contribution in [0.4, 0.5) is 0 Å². The summed E-state index contributed by atoms with van der Waals surface area (Å²) in [5, 5.41) is 9.11. The van der Waals surface area contributed by atoms with E-state index in [0.717, 1.165) is 5.56 Å². The van der Waals surface area contributed by atoms with Gasteiger partial charge in [-0.15, -0.1) is 0 Å². The summed E-state index contributed by atoms with van der Waals surface area (Å²) in [5.74, 6) is -0.982. The largest absolute Gasteiger partial charge is 0.478 e. The van der Waals surface area contributed by atoms with E-state index in [2.05, 4.69) is 0 Å². The summed E-state index contributed by atoms with van der Waals surface area (Å²) < 4.78 is 0. The number of hydrogen-bond acceptors (Lipinski definition) is 3. The molecule has 0 radical (unpaired) electrons. The molecule has 20 heavy (non-hydrogen) atoms. The minimum atomic E-state index is -0.947. The Bertz CT molecular complexity index is 498. The van der Waals surface area contributed by atoms with Gasteiger partial charge in [-0.2, -0.15) is 0 Å². The lowest BCUT2D eigenvalue weighted by atomic mass is 9.92. The molecule has 1 aromatic rings. The zero-order chi connectivity index (χ0) is 15.3. The second-order valence-electron chi connectivity index (χ2n) is 5.53. The van der Waals surface area contributed by atoms with Gasteiger partial charge in [0.2, 0.25) is 5.91 Å². The number of rotatable bonds is 6. The van der Waals surface area contributed by atoms with Crippen LogP contribution in [0.3, 0.4) is 0 Å². The minimum absolute atomic E-state index is 0.0344. The van der Waals surface area contributed by atoms with Crippen molar-refractivity contribution in [2.45, 2.75) is 20.3 Å². The zero-order valence-corrected chi connectivity index (χ0v) is 12.2. The van der Waals surface area contributed by atoms with Gasteiger partial charge >= 0.3 is 5.97 Å². The van der Waals surface area contributed by atoms with Crippen LogP contribution in [0.1, 0.15) is 29.8 Å². The van der Waals surface area contributed by atoms with E-state index in [9.17, 15) is 9.59 Å². The quantitative estimate of drug-likeness (QED) is 0.823. The van der Waals surface area contributed by atoms with Gasteiger partial charge in [0.25, 0.3) is 0 Å². The lowest BCUT2D eigenvalue weighted by Crippen LogP contribution is -2.43. The van der Waals surface area contributed by atoms with Crippen LogP contribution in [0.25, 0.3) is 0 Å². The Morgan fingerprint density at radius 2 is 1.90 bits per heavy atom. The van der Waals surface area contributed by atoms with E-state index in [0.29, 0.717) is 13.0 Å². The topological polar surface area (TPSA) is 83.6 Å². The Kier molecular flexibility index (Phi) is 5.27. The van der Waals surface area contributed by atoms with Crippen LogP contribution in [0.2, 0.25) is 0 Å². The molecule has 0 unspecified atom stereocenters. The molecule has 110 valence electrons. The Labute approximate surface area is 119 Å². The van der Waals surface area contributed by atoms with Crippen LogP contribution in [-0.4, -0.2) is 42.0 Å². The summed E-state index contributed by atoms with van der Waals surface area (Å²) in [5.41, 5.74) is 6.01. The molecule has 0 aromatic heterocycles. The first-order valence-corrected chi connectivity index (χ1v) is 6.56. The summed E-state index contributed by atoms with van der Waals surface area (Å²) in [4.78, 5) is 24.9. The lowest BCUT2D eigenvalue weighted by Gasteiger charge is -2.28. The van der Waals surface area contributed by atoms with Gasteiger partial charge in [-0.25, -0.2) is 4.79 Å². The Morgan fingerprint density at radius 1 is 1.30 bits per heavy atom. The van der Waals surface area contributed by atoms with Crippen LogP contribution in [-0.2, 0) is 11.2 Å². The van der Waals surface area contributed by atoms with Crippen molar-refractivity contribution in [3.05, 3.63) is 35.4 Å². The maximum atomic E-state index is 12.2. The predicted octanol–water partition coefficient (Wildman–Crippen LogP) is 1.37. The van der Waals surface area contributed by atoms with Crippen molar-refractivity contribution in [1.29, 1.82) is 0 Å². The molecule has 0 fully saturated rings. The fourth-order valence-electron chi connectivity index (χ4n) is 1.94. The molecule has 1 amide bonds. The second kappa shape index (κ2) is 6.52. The van der Waals surface area contributed by atoms with Crippen molar-refractivity contribution < 1.29 is 14.7 Å². The van der Waals surface area contributed by atoms with Gasteiger partial charge in [-0.3, -0.25) is 4.79 Å². The van der Waals surface area contributed by atoms with E-state index in [4.69, 9.17) is 10.8 Å². The third kappa shape index (κ3) is 3.81. The normalized spacial score (nSPS) is 11.2. The number of amides is 1. The number of carbonyl (C=O) groups excluding carboxylic acids is 1. The molecule has 0 spiro atoms. The third-order valence-corrected chi connectivity index (χ3v) is 3.40. The van der Waals surface area contributed by atoms with Crippen molar-refractivity contribution in [1.82, 2.24) is 4.90 Å². The van der Waals surface area contributed by atoms with E-state index < -0.39 is 11.4 Å². The number of benzene rings is 1. The first kappa shape index (κ1) is 16.2. The van der Waals surface area contributed by atoms with Crippen molar-refractivity contribution in [3.8, 4) is 0 Å². The van der Waals surface area contributed by atoms with Gasteiger partial charge in [0, 0.05) is 20.1 Å². The summed E-state index contributed by atoms with van der Waals surface area (Å²) >= 11 is 0. The number of hydrogen-bond donors (Lipinski definition) is 2. The average molecular weight is 278 g/mol. The third-order valence-electron chi connectivity index (χ3n) is 3.40. The molecule has 0 aliphatic rings. The summed E-state index contributed by atoms with van der Waals surface area (Å²) in [6.07, 6.45) is 0.505. The molecule has 5 heteroatoms. The van der Waals surface area contributed by atoms with Crippen molar-refractivity contribution in [2.24, 2.45) is 11.1 Å². The van der Waals surface area contributed by atoms with Crippen molar-refractivity contribution in [2.75, 3.05) is 20.1 Å². The minimum Gasteiger partial charge on any atom is -0.478 e. The number of carbonyl (C=O) groups is 2. The number of carboxylic acid groups (broad SMARTS) is 1. The van der Waals surface area contributed by atoms with Crippen molar-refractivity contribution in [3.63, 3.8) is 0 Å². The van der Waals surface area contributed by atoms with Crippen LogP contribution < -0.4 is 5.73 Å². The molecule has 0 aliphatic carbocycles. The summed E-state index contributed by atoms with van der Waals surface area (Å²) in [6, 6.07) is 6.84. The van der Waals surface area contributed by atoms with Gasteiger partial charge in [0.05, 0.1) is 11.0 Å². The highest BCUT2D eigenvalue weighted by atomic mass is 16.4. The number of nitrogens with two attached hydrogens (primary N) is 1. The molecular weight excluding hydrogens is 256 g/mol. The Hall–Kier alpha value is -1.88. The number of aromatic carboxylic acids is 1. The van der Waals surface area contributed by atoms with E-state index in [1.165, 1.54) is 0 Å². The average Bonchev–Trinajstić information content (AvgIpc) is 2.43. The number of carboxylic acids is 1. The van der Waals surface area contributed by atoms with E-state index in [-0.39, 0.29) is 18.0 Å². The highest BCUT2D eigenvalue weighted by Crippen LogP contribution is 2.17. The maximum Gasteiger partial charge on any atom is 0.335 e. The SMILES string of the molecule is CN(CCc1ccccc1C(=O)O)C(=O)C(C)(C)CN. The first-order valence-electron chi connectivity index (χ1n) is 6.56. The lowest BCUT2D eigenvalue weighted by molar-refractivity contribution is -0.138. The Balaban J connectivity index is 2.73. The monoisotopic (exact) mass is 278 g/mol. The molecule has 3 N–H and O–H groups in total. The van der Waals surface area contributed by atoms with Gasteiger partial charge in [-0.1, -0.05) is 18.2 Å². The van der Waals surface area contributed by atoms with E-state index >= 15 is 0 Å².